The Hall–Kier alpha value is -9.45. The van der Waals surface area contributed by atoms with Crippen LogP contribution in [0, 0.1) is 53.3 Å². The maximum absolute atomic E-state index is 14.6. The summed E-state index contributed by atoms with van der Waals surface area (Å²) < 4.78 is 0. The Kier molecular flexibility index (Phi) is 57.6. The van der Waals surface area contributed by atoms with E-state index in [1.807, 2.05) is 27.7 Å². The van der Waals surface area contributed by atoms with E-state index in [0.717, 1.165) is 19.3 Å². The molecule has 0 spiro atoms. The third kappa shape index (κ3) is 48.1. The minimum atomic E-state index is -1.26. The number of ketones is 7. The molecule has 36 heteroatoms. The Bertz CT molecular complexity index is 3550. The molecule has 124 heavy (non-hydrogen) atoms. The Labute approximate surface area is 733 Å². The summed E-state index contributed by atoms with van der Waals surface area (Å²) in [6.07, 6.45) is 19.0. The van der Waals surface area contributed by atoms with Gasteiger partial charge in [0.05, 0.1) is 79.5 Å². The summed E-state index contributed by atoms with van der Waals surface area (Å²) in [6, 6.07) is -6.39. The first kappa shape index (κ1) is 113. The summed E-state index contributed by atoms with van der Waals surface area (Å²) in [7, 11) is 0. The van der Waals surface area contributed by atoms with Gasteiger partial charge in [-0.25, -0.2) is 4.98 Å². The number of aromatic nitrogens is 2. The first-order valence-corrected chi connectivity index (χ1v) is 45.0. The number of primary amides is 3. The lowest BCUT2D eigenvalue weighted by Crippen LogP contribution is -2.49. The second-order valence-corrected chi connectivity index (χ2v) is 34.5. The van der Waals surface area contributed by atoms with E-state index in [0.29, 0.717) is 44.3 Å². The number of carbonyl (C=O) groups excluding carboxylic acids is 16. The zero-order chi connectivity index (χ0) is 93.6. The van der Waals surface area contributed by atoms with E-state index in [9.17, 15) is 86.9 Å². The number of aromatic amines is 1. The highest BCUT2D eigenvalue weighted by Crippen LogP contribution is 2.30. The fraction of sp³-hybridized carbons (Fsp3) is 0.761. The minimum absolute atomic E-state index is 0.00315. The maximum atomic E-state index is 14.6. The van der Waals surface area contributed by atoms with E-state index in [-0.39, 0.29) is 151 Å². The average molecular weight is 1750 g/mol. The molecular weight excluding hydrogens is 1600 g/mol. The molecule has 36 nitrogen and oxygen atoms in total. The molecule has 0 saturated carbocycles. The highest BCUT2D eigenvalue weighted by molar-refractivity contribution is 6.00. The van der Waals surface area contributed by atoms with Crippen LogP contribution in [-0.2, 0) is 83.1 Å². The topological polar surface area (TPSA) is 639 Å². The number of aliphatic imine (C=N–C) groups is 2. The SMILES string of the molecule is CC(C)C[C@H](CC(=O)[C@H](CCCCN)NC(=O)[C@H](CCCN=C(N)N)CC(=O)[C@@H]1CCCN1C(=O)[C@H](CCCN=C(N)N)CC(=O)[C@H](CCC(N)=O)NC(=O)[C@@H](C)CO)C(=O)N[C@@H](CC(C)C)C(=O)C[C@@H](C)C(N)=O.CCCCCCCCCCCCCCCC(=O)C[C@@H](Cc1cnc[nH]1)C(=O)N[C@@H](C)C(=O)C[C@H](C(=O)N[C@@H](CC(N)=O)C(=O)CC)[C@@H](C)O. The molecule has 0 aromatic carbocycles. The molecule has 24 N–H and O–H groups in total. The van der Waals surface area contributed by atoms with Crippen LogP contribution < -0.4 is 72.5 Å². The number of nitrogens with zero attached hydrogens (tertiary/aromatic N) is 4. The number of hydrogen-bond donors (Lipinski definition) is 16. The van der Waals surface area contributed by atoms with Gasteiger partial charge >= 0.3 is 0 Å². The molecule has 2 rings (SSSR count). The lowest BCUT2D eigenvalue weighted by Gasteiger charge is -2.30. The number of nitrogens with one attached hydrogen (secondary N) is 6. The van der Waals surface area contributed by atoms with Gasteiger partial charge in [0.2, 0.25) is 53.2 Å². The number of H-pyrrole nitrogens is 1. The van der Waals surface area contributed by atoms with Crippen molar-refractivity contribution in [3.63, 3.8) is 0 Å². The molecule has 14 atom stereocenters. The highest BCUT2D eigenvalue weighted by Gasteiger charge is 2.42. The zero-order valence-corrected chi connectivity index (χ0v) is 75.7. The number of rotatable bonds is 70. The molecule has 1 aliphatic heterocycles. The quantitative estimate of drug-likeness (QED) is 0.0246. The van der Waals surface area contributed by atoms with Gasteiger partial charge < -0.3 is 92.6 Å². The van der Waals surface area contributed by atoms with Crippen LogP contribution in [0.25, 0.3) is 0 Å². The number of imidazole rings is 1. The summed E-state index contributed by atoms with van der Waals surface area (Å²) in [5.74, 6) is -15.3. The van der Waals surface area contributed by atoms with Crippen LogP contribution in [0.4, 0.5) is 0 Å². The van der Waals surface area contributed by atoms with E-state index in [2.05, 4.69) is 53.5 Å². The van der Waals surface area contributed by atoms with Gasteiger partial charge in [0.1, 0.15) is 5.78 Å². The van der Waals surface area contributed by atoms with Gasteiger partial charge in [0, 0.05) is 119 Å². The monoisotopic (exact) mass is 1750 g/mol. The number of aliphatic hydroxyl groups is 2. The number of amides is 9. The molecule has 0 unspecified atom stereocenters. The van der Waals surface area contributed by atoms with Crippen LogP contribution in [0.1, 0.15) is 300 Å². The van der Waals surface area contributed by atoms with Crippen molar-refractivity contribution in [3.8, 4) is 0 Å². The fourth-order valence-electron chi connectivity index (χ4n) is 14.9. The van der Waals surface area contributed by atoms with Crippen molar-refractivity contribution in [2.24, 2.45) is 109 Å². The van der Waals surface area contributed by atoms with Crippen molar-refractivity contribution in [2.75, 3.05) is 32.8 Å². The minimum Gasteiger partial charge on any atom is -0.396 e. The summed E-state index contributed by atoms with van der Waals surface area (Å²) in [4.78, 5) is 228. The van der Waals surface area contributed by atoms with Gasteiger partial charge in [-0.05, 0) is 116 Å². The first-order valence-electron chi connectivity index (χ1n) is 45.0. The largest absolute Gasteiger partial charge is 0.396 e. The van der Waals surface area contributed by atoms with E-state index in [1.165, 1.54) is 103 Å². The van der Waals surface area contributed by atoms with Gasteiger partial charge in [-0.1, -0.05) is 132 Å². The number of nitrogens with two attached hydrogens (primary N) is 8. The Morgan fingerprint density at radius 2 is 1.01 bits per heavy atom. The van der Waals surface area contributed by atoms with E-state index in [4.69, 9.17) is 45.9 Å². The molecule has 1 aromatic rings. The van der Waals surface area contributed by atoms with E-state index in [1.54, 1.807) is 13.1 Å². The number of likely N-dealkylation sites (tertiary alicyclic amines) is 1. The molecule has 0 aliphatic carbocycles. The third-order valence-electron chi connectivity index (χ3n) is 22.3. The molecule has 704 valence electrons. The predicted octanol–water partition coefficient (Wildman–Crippen LogP) is 4.27. The second-order valence-electron chi connectivity index (χ2n) is 34.5. The summed E-state index contributed by atoms with van der Waals surface area (Å²) in [6.45, 7) is 17.4. The standard InChI is InChI=1S/C51H91N13O11.C37H63N5O7/c1-29(2)22-35(48(74)63-38(23-30(3)4)40(66)24-31(5)45(54)71)27-42(68)36(14-7-8-18-52)62-47(73)33(12-9-19-59-50(55)56)25-43(69)39-15-11-21-64(39)49(75)34(13-10-20-60-51(57)58)26-41(67)37(16-17-44(53)70)61-46(72)32(6)28-65;1-5-7-8-9-10-11-12-13-14-15-16-17-18-19-30(44)21-28(20-29-24-39-25-40-29)36(48)41-26(3)34(46)22-31(27(4)43)37(49)42-32(23-35(38)47)33(45)6-2/h29-39,65H,7-28,52H2,1-6H3,(H2,53,70)(H2,54,71)(H,61,72)(H,62,73)(H,63,74)(H4,55,56,59)(H4,57,58,60);24-28,31-32,43H,5-23H2,1-4H3,(H2,38,47)(H,39,40)(H,41,48)(H,42,49)/t31-,32+,33-,34-,35-,36+,37+,38+,39+;26-,27+,28+,31-,32-/m10/s1. The van der Waals surface area contributed by atoms with Crippen LogP contribution in [0.15, 0.2) is 22.5 Å². The normalized spacial score (nSPS) is 15.7. The lowest BCUT2D eigenvalue weighted by atomic mass is 9.87. The van der Waals surface area contributed by atoms with E-state index >= 15 is 0 Å². The lowest BCUT2D eigenvalue weighted by molar-refractivity contribution is -0.143. The molecular formula is C88H154N18O18. The number of aliphatic hydroxyl groups excluding tert-OH is 2. The van der Waals surface area contributed by atoms with Gasteiger partial charge in [-0.2, -0.15) is 0 Å². The molecule has 1 fully saturated rings. The number of unbranched alkanes of at least 4 members (excludes halogenated alkanes) is 13. The second kappa shape index (κ2) is 63.5. The highest BCUT2D eigenvalue weighted by atomic mass is 16.3. The fourth-order valence-corrected chi connectivity index (χ4v) is 14.9. The van der Waals surface area contributed by atoms with Crippen molar-refractivity contribution < 1.29 is 86.9 Å². The Balaban J connectivity index is 0.00000135. The number of carbonyl (C=O) groups is 16. The summed E-state index contributed by atoms with van der Waals surface area (Å²) in [5, 5.41) is 33.3. The van der Waals surface area contributed by atoms with Crippen LogP contribution >= 0.6 is 0 Å². The Morgan fingerprint density at radius 1 is 0.492 bits per heavy atom. The van der Waals surface area contributed by atoms with Crippen molar-refractivity contribution in [3.05, 3.63) is 18.2 Å². The molecule has 1 aliphatic rings. The van der Waals surface area contributed by atoms with Gasteiger partial charge in [-0.3, -0.25) is 86.7 Å². The molecule has 1 aromatic heterocycles. The molecule has 0 radical (unpaired) electrons. The average Bonchev–Trinajstić information content (AvgIpc) is 1.64. The van der Waals surface area contributed by atoms with Gasteiger partial charge in [-0.15, -0.1) is 0 Å². The summed E-state index contributed by atoms with van der Waals surface area (Å²) in [5.41, 5.74) is 44.7. The van der Waals surface area contributed by atoms with Crippen LogP contribution in [0.2, 0.25) is 0 Å². The van der Waals surface area contributed by atoms with Crippen molar-refractivity contribution in [1.82, 2.24) is 41.5 Å². The maximum Gasteiger partial charge on any atom is 0.226 e. The molecule has 2 heterocycles. The zero-order valence-electron chi connectivity index (χ0n) is 75.7. The van der Waals surface area contributed by atoms with E-state index < -0.39 is 192 Å². The molecule has 1 saturated heterocycles. The number of hydrogen-bond acceptors (Lipinski definition) is 22. The summed E-state index contributed by atoms with van der Waals surface area (Å²) >= 11 is 0. The van der Waals surface area contributed by atoms with Gasteiger partial charge in [0.15, 0.2) is 46.6 Å². The van der Waals surface area contributed by atoms with Crippen LogP contribution in [0.3, 0.4) is 0 Å². The van der Waals surface area contributed by atoms with Crippen LogP contribution in [0.5, 0.6) is 0 Å². The van der Waals surface area contributed by atoms with Crippen LogP contribution in [-0.4, -0.2) is 206 Å². The predicted molar refractivity (Wildman–Crippen MR) is 473 cm³/mol. The smallest absolute Gasteiger partial charge is 0.226 e. The van der Waals surface area contributed by atoms with Crippen molar-refractivity contribution in [1.29, 1.82) is 0 Å². The number of guanidine groups is 2. The number of Topliss-reactive ketones (excluding diaryl/α,β-unsaturated/α-hetero) is 7. The Morgan fingerprint density at radius 3 is 1.52 bits per heavy atom. The third-order valence-corrected chi connectivity index (χ3v) is 22.3. The van der Waals surface area contributed by atoms with Crippen molar-refractivity contribution in [2.45, 2.75) is 343 Å². The van der Waals surface area contributed by atoms with Gasteiger partial charge in [0.25, 0.3) is 0 Å². The first-order chi connectivity index (χ1) is 58.6. The molecule has 0 bridgehead atoms. The van der Waals surface area contributed by atoms with Crippen molar-refractivity contribution >= 4 is 106 Å². The molecule has 9 amide bonds.